The Labute approximate surface area is 155 Å². The summed E-state index contributed by atoms with van der Waals surface area (Å²) in [7, 11) is 0. The molecule has 0 bridgehead atoms. The fraction of sp³-hybridized carbons (Fsp3) is 0.350. The molecule has 2 aromatic carbocycles. The maximum atomic E-state index is 12.5. The molecule has 0 saturated carbocycles. The van der Waals surface area contributed by atoms with E-state index in [0.717, 1.165) is 30.6 Å². The number of benzene rings is 2. The van der Waals surface area contributed by atoms with Crippen LogP contribution >= 0.6 is 12.4 Å². The minimum Gasteiger partial charge on any atom is -0.376 e. The lowest BCUT2D eigenvalue weighted by Crippen LogP contribution is -2.29. The number of hydrogen-bond acceptors (Lipinski definition) is 3. The maximum absolute atomic E-state index is 12.5. The molecule has 0 spiro atoms. The molecule has 1 amide bonds. The topological polar surface area (TPSA) is 55.6 Å². The molecule has 3 rings (SSSR count). The van der Waals surface area contributed by atoms with Crippen LogP contribution in [0.15, 0.2) is 54.6 Å². The second-order valence-electron chi connectivity index (χ2n) is 6.31. The van der Waals surface area contributed by atoms with Crippen LogP contribution in [0.3, 0.4) is 0 Å². The van der Waals surface area contributed by atoms with E-state index in [0.29, 0.717) is 25.7 Å². The Balaban J connectivity index is 0.00000225. The van der Waals surface area contributed by atoms with E-state index in [2.05, 4.69) is 12.1 Å². The van der Waals surface area contributed by atoms with E-state index in [9.17, 15) is 4.79 Å². The third-order valence-electron chi connectivity index (χ3n) is 4.47. The highest BCUT2D eigenvalue weighted by atomic mass is 35.5. The molecular weight excluding hydrogens is 336 g/mol. The fourth-order valence-corrected chi connectivity index (χ4v) is 3.04. The third kappa shape index (κ3) is 5.30. The molecule has 134 valence electrons. The molecule has 0 radical (unpaired) electrons. The monoisotopic (exact) mass is 360 g/mol. The van der Waals surface area contributed by atoms with Crippen molar-refractivity contribution in [2.45, 2.75) is 19.6 Å². The summed E-state index contributed by atoms with van der Waals surface area (Å²) in [6.07, 6.45) is 1.00. The Bertz CT molecular complexity index is 661. The zero-order chi connectivity index (χ0) is 16.8. The normalized spacial score (nSPS) is 16.5. The number of carbonyl (C=O) groups excluding carboxylic acids is 1. The van der Waals surface area contributed by atoms with Crippen LogP contribution in [0, 0.1) is 5.92 Å². The van der Waals surface area contributed by atoms with Crippen molar-refractivity contribution in [2.75, 3.05) is 19.7 Å². The number of carbonyl (C=O) groups is 1. The second-order valence-corrected chi connectivity index (χ2v) is 6.31. The van der Waals surface area contributed by atoms with Crippen LogP contribution in [0.4, 0.5) is 0 Å². The van der Waals surface area contributed by atoms with E-state index in [1.807, 2.05) is 47.4 Å². The van der Waals surface area contributed by atoms with Gasteiger partial charge in [-0.3, -0.25) is 4.79 Å². The first-order valence-corrected chi connectivity index (χ1v) is 8.46. The number of likely N-dealkylation sites (tertiary alicyclic amines) is 1. The van der Waals surface area contributed by atoms with Gasteiger partial charge in [-0.1, -0.05) is 42.5 Å². The smallest absolute Gasteiger partial charge is 0.253 e. The standard InChI is InChI=1S/C20H24N2O2.ClH/c21-12-16-6-8-19(9-7-16)20(23)22-11-10-18(13-22)15-24-14-17-4-2-1-3-5-17;/h1-9,18H,10-15,21H2;1H. The van der Waals surface area contributed by atoms with Crippen molar-refractivity contribution in [1.82, 2.24) is 4.90 Å². The molecule has 1 heterocycles. The molecule has 2 aromatic rings. The quantitative estimate of drug-likeness (QED) is 0.860. The highest BCUT2D eigenvalue weighted by molar-refractivity contribution is 5.94. The number of hydrogen-bond donors (Lipinski definition) is 1. The Morgan fingerprint density at radius 1 is 1.08 bits per heavy atom. The van der Waals surface area contributed by atoms with E-state index >= 15 is 0 Å². The van der Waals surface area contributed by atoms with Crippen molar-refractivity contribution in [2.24, 2.45) is 11.7 Å². The van der Waals surface area contributed by atoms with Gasteiger partial charge in [0.1, 0.15) is 0 Å². The fourth-order valence-electron chi connectivity index (χ4n) is 3.04. The van der Waals surface area contributed by atoms with Crippen molar-refractivity contribution in [3.63, 3.8) is 0 Å². The minimum atomic E-state index is 0. The first-order valence-electron chi connectivity index (χ1n) is 8.46. The van der Waals surface area contributed by atoms with Gasteiger partial charge in [-0.2, -0.15) is 0 Å². The molecule has 1 aliphatic heterocycles. The van der Waals surface area contributed by atoms with Crippen LogP contribution < -0.4 is 5.73 Å². The SMILES string of the molecule is Cl.NCc1ccc(C(=O)N2CCC(COCc3ccccc3)C2)cc1. The van der Waals surface area contributed by atoms with Crippen molar-refractivity contribution >= 4 is 18.3 Å². The Morgan fingerprint density at radius 3 is 2.48 bits per heavy atom. The molecule has 0 aliphatic carbocycles. The molecule has 1 saturated heterocycles. The number of halogens is 1. The van der Waals surface area contributed by atoms with Crippen molar-refractivity contribution in [3.05, 3.63) is 71.3 Å². The van der Waals surface area contributed by atoms with E-state index in [4.69, 9.17) is 10.5 Å². The van der Waals surface area contributed by atoms with Crippen LogP contribution in [0.2, 0.25) is 0 Å². The van der Waals surface area contributed by atoms with Crippen LogP contribution in [-0.2, 0) is 17.9 Å². The summed E-state index contributed by atoms with van der Waals surface area (Å²) in [6, 6.07) is 17.7. The van der Waals surface area contributed by atoms with Gasteiger partial charge >= 0.3 is 0 Å². The summed E-state index contributed by atoms with van der Waals surface area (Å²) >= 11 is 0. The number of ether oxygens (including phenoxy) is 1. The van der Waals surface area contributed by atoms with Crippen LogP contribution in [0.1, 0.15) is 27.9 Å². The molecule has 2 N–H and O–H groups in total. The molecule has 1 unspecified atom stereocenters. The Morgan fingerprint density at radius 2 is 1.80 bits per heavy atom. The highest BCUT2D eigenvalue weighted by Gasteiger charge is 2.26. The van der Waals surface area contributed by atoms with Gasteiger partial charge in [0.15, 0.2) is 0 Å². The molecule has 25 heavy (non-hydrogen) atoms. The van der Waals surface area contributed by atoms with Gasteiger partial charge in [0.25, 0.3) is 5.91 Å². The number of rotatable bonds is 6. The van der Waals surface area contributed by atoms with Crippen molar-refractivity contribution < 1.29 is 9.53 Å². The summed E-state index contributed by atoms with van der Waals surface area (Å²) < 4.78 is 5.82. The van der Waals surface area contributed by atoms with Gasteiger partial charge < -0.3 is 15.4 Å². The molecule has 0 aromatic heterocycles. The molecule has 1 atom stereocenters. The highest BCUT2D eigenvalue weighted by Crippen LogP contribution is 2.20. The average Bonchev–Trinajstić information content (AvgIpc) is 3.11. The van der Waals surface area contributed by atoms with E-state index in [-0.39, 0.29) is 18.3 Å². The Hall–Kier alpha value is -1.88. The maximum Gasteiger partial charge on any atom is 0.253 e. The lowest BCUT2D eigenvalue weighted by molar-refractivity contribution is 0.0733. The number of amides is 1. The van der Waals surface area contributed by atoms with Crippen LogP contribution in [0.25, 0.3) is 0 Å². The van der Waals surface area contributed by atoms with Gasteiger partial charge in [-0.15, -0.1) is 12.4 Å². The van der Waals surface area contributed by atoms with Crippen molar-refractivity contribution in [1.29, 1.82) is 0 Å². The van der Waals surface area contributed by atoms with Gasteiger partial charge in [-0.05, 0) is 29.7 Å². The van der Waals surface area contributed by atoms with Gasteiger partial charge in [0, 0.05) is 31.1 Å². The van der Waals surface area contributed by atoms with Crippen molar-refractivity contribution in [3.8, 4) is 0 Å². The van der Waals surface area contributed by atoms with Gasteiger partial charge in [0.2, 0.25) is 0 Å². The van der Waals surface area contributed by atoms with E-state index < -0.39 is 0 Å². The van der Waals surface area contributed by atoms with E-state index in [1.54, 1.807) is 0 Å². The summed E-state index contributed by atoms with van der Waals surface area (Å²) in [5.74, 6) is 0.519. The van der Waals surface area contributed by atoms with E-state index in [1.165, 1.54) is 5.56 Å². The van der Waals surface area contributed by atoms with Gasteiger partial charge in [0.05, 0.1) is 13.2 Å². The number of nitrogens with two attached hydrogens (primary N) is 1. The zero-order valence-electron chi connectivity index (χ0n) is 14.3. The third-order valence-corrected chi connectivity index (χ3v) is 4.47. The second kappa shape index (κ2) is 9.56. The molecular formula is C20H25ClN2O2. The van der Waals surface area contributed by atoms with Crippen LogP contribution in [-0.4, -0.2) is 30.5 Å². The molecule has 1 aliphatic rings. The molecule has 1 fully saturated rings. The minimum absolute atomic E-state index is 0. The predicted molar refractivity (Wildman–Crippen MR) is 102 cm³/mol. The number of nitrogens with zero attached hydrogens (tertiary/aromatic N) is 1. The predicted octanol–water partition coefficient (Wildman–Crippen LogP) is 3.25. The van der Waals surface area contributed by atoms with Crippen LogP contribution in [0.5, 0.6) is 0 Å². The van der Waals surface area contributed by atoms with Gasteiger partial charge in [-0.25, -0.2) is 0 Å². The first-order chi connectivity index (χ1) is 11.8. The summed E-state index contributed by atoms with van der Waals surface area (Å²) in [6.45, 7) is 3.40. The zero-order valence-corrected chi connectivity index (χ0v) is 15.1. The summed E-state index contributed by atoms with van der Waals surface area (Å²) in [5.41, 5.74) is 8.56. The summed E-state index contributed by atoms with van der Waals surface area (Å²) in [4.78, 5) is 14.5. The lowest BCUT2D eigenvalue weighted by Gasteiger charge is -2.17. The Kier molecular flexibility index (Phi) is 7.44. The average molecular weight is 361 g/mol. The molecule has 4 nitrogen and oxygen atoms in total. The molecule has 5 heteroatoms. The first kappa shape index (κ1) is 19.4. The lowest BCUT2D eigenvalue weighted by atomic mass is 10.1. The largest absolute Gasteiger partial charge is 0.376 e. The summed E-state index contributed by atoms with van der Waals surface area (Å²) in [5, 5.41) is 0.